The molecule has 3 aliphatic carbocycles. The predicted molar refractivity (Wildman–Crippen MR) is 142 cm³/mol. The van der Waals surface area contributed by atoms with Crippen LogP contribution in [0.4, 0.5) is 35.4 Å². The average Bonchev–Trinajstić information content (AvgIpc) is 3.45. The topological polar surface area (TPSA) is 115 Å². The number of fused-ring (bicyclic) bond motifs is 3. The molecule has 1 aromatic heterocycles. The van der Waals surface area contributed by atoms with Gasteiger partial charge in [-0.2, -0.15) is 18.2 Å². The molecule has 2 fully saturated rings. The quantitative estimate of drug-likeness (QED) is 0.356. The van der Waals surface area contributed by atoms with Crippen LogP contribution < -0.4 is 16.4 Å². The number of morpholine rings is 1. The lowest BCUT2D eigenvalue weighted by Crippen LogP contribution is -2.43. The van der Waals surface area contributed by atoms with Gasteiger partial charge in [0.25, 0.3) is 0 Å². The van der Waals surface area contributed by atoms with Crippen LogP contribution in [-0.4, -0.2) is 65.5 Å². The lowest BCUT2D eigenvalue weighted by atomic mass is 9.98. The van der Waals surface area contributed by atoms with Crippen molar-refractivity contribution in [2.45, 2.75) is 56.5 Å². The van der Waals surface area contributed by atoms with Gasteiger partial charge in [-0.25, -0.2) is 9.78 Å². The molecule has 2 bridgehead atoms. The van der Waals surface area contributed by atoms with Crippen molar-refractivity contribution in [1.82, 2.24) is 14.9 Å². The molecule has 2 aromatic rings. The highest BCUT2D eigenvalue weighted by molar-refractivity contribution is 5.65. The van der Waals surface area contributed by atoms with Gasteiger partial charge in [0.05, 0.1) is 19.3 Å². The van der Waals surface area contributed by atoms with Gasteiger partial charge in [0.15, 0.2) is 0 Å². The second kappa shape index (κ2) is 10.9. The number of aromatic nitrogens is 2. The van der Waals surface area contributed by atoms with E-state index in [0.29, 0.717) is 18.2 Å². The molecular formula is C28H33F3N6O3. The molecule has 4 aliphatic rings. The molecule has 1 saturated carbocycles. The molecule has 40 heavy (non-hydrogen) atoms. The Bertz CT molecular complexity index is 1280. The number of hydrogen-bond donors (Lipinski definition) is 3. The minimum atomic E-state index is -4.67. The van der Waals surface area contributed by atoms with Gasteiger partial charge in [-0.3, -0.25) is 4.90 Å². The summed E-state index contributed by atoms with van der Waals surface area (Å²) in [4.78, 5) is 22.2. The number of nitrogens with two attached hydrogens (primary N) is 1. The van der Waals surface area contributed by atoms with E-state index < -0.39 is 30.0 Å². The molecule has 214 valence electrons. The van der Waals surface area contributed by atoms with Crippen LogP contribution in [0.15, 0.2) is 36.5 Å². The lowest BCUT2D eigenvalue weighted by Gasteiger charge is -2.33. The summed E-state index contributed by atoms with van der Waals surface area (Å²) < 4.78 is 52.5. The van der Waals surface area contributed by atoms with Gasteiger partial charge in [-0.1, -0.05) is 18.2 Å². The minimum Gasteiger partial charge on any atom is -0.444 e. The molecule has 2 heterocycles. The number of hydrogen-bond acceptors (Lipinski definition) is 8. The average molecular weight is 559 g/mol. The summed E-state index contributed by atoms with van der Waals surface area (Å²) in [7, 11) is 0. The van der Waals surface area contributed by atoms with Crippen molar-refractivity contribution >= 4 is 23.5 Å². The number of nitrogens with zero attached hydrogens (tertiary/aromatic N) is 3. The summed E-state index contributed by atoms with van der Waals surface area (Å²) in [6.07, 6.45) is 3.02. The molecule has 1 amide bonds. The van der Waals surface area contributed by atoms with E-state index in [0.717, 1.165) is 58.2 Å². The van der Waals surface area contributed by atoms with E-state index in [4.69, 9.17) is 15.2 Å². The monoisotopic (exact) mass is 558 g/mol. The van der Waals surface area contributed by atoms with Crippen molar-refractivity contribution in [3.63, 3.8) is 0 Å². The van der Waals surface area contributed by atoms with Crippen molar-refractivity contribution in [2.24, 2.45) is 17.6 Å². The SMILES string of the molecule is NC(=O)O[C@@H]1[C@H](Nc2nc(Nc3ccc4c(c3)CCC(N3CCOCC3)CC4)ncc2C(F)(F)F)[C@H]2C=C[C@@H]1C2. The Kier molecular flexibility index (Phi) is 7.30. The molecule has 1 aromatic carbocycles. The highest BCUT2D eigenvalue weighted by atomic mass is 19.4. The highest BCUT2D eigenvalue weighted by Crippen LogP contribution is 2.44. The first-order valence-electron chi connectivity index (χ1n) is 13.8. The largest absolute Gasteiger partial charge is 0.444 e. The number of rotatable bonds is 6. The van der Waals surface area contributed by atoms with Gasteiger partial charge in [0, 0.05) is 42.9 Å². The van der Waals surface area contributed by atoms with Crippen LogP contribution in [0.25, 0.3) is 0 Å². The Morgan fingerprint density at radius 3 is 2.60 bits per heavy atom. The van der Waals surface area contributed by atoms with Gasteiger partial charge in [-0.05, 0) is 55.4 Å². The van der Waals surface area contributed by atoms with Gasteiger partial charge >= 0.3 is 12.3 Å². The first-order valence-corrected chi connectivity index (χ1v) is 13.8. The first-order chi connectivity index (χ1) is 19.2. The molecule has 4 N–H and O–H groups in total. The maximum Gasteiger partial charge on any atom is 0.421 e. The summed E-state index contributed by atoms with van der Waals surface area (Å²) in [6, 6.07) is 5.97. The third kappa shape index (κ3) is 5.60. The van der Waals surface area contributed by atoms with Crippen LogP contribution >= 0.6 is 0 Å². The third-order valence-corrected chi connectivity index (χ3v) is 8.56. The number of benzene rings is 1. The van der Waals surface area contributed by atoms with Crippen molar-refractivity contribution < 1.29 is 27.4 Å². The predicted octanol–water partition coefficient (Wildman–Crippen LogP) is 4.27. The summed E-state index contributed by atoms with van der Waals surface area (Å²) in [5, 5.41) is 6.01. The number of aryl methyl sites for hydroxylation is 2. The van der Waals surface area contributed by atoms with Crippen LogP contribution in [0.1, 0.15) is 36.0 Å². The van der Waals surface area contributed by atoms with Gasteiger partial charge in [-0.15, -0.1) is 0 Å². The Hall–Kier alpha value is -3.38. The number of nitrogens with one attached hydrogen (secondary N) is 2. The van der Waals surface area contributed by atoms with E-state index in [9.17, 15) is 18.0 Å². The van der Waals surface area contributed by atoms with E-state index in [-0.39, 0.29) is 23.6 Å². The van der Waals surface area contributed by atoms with Crippen LogP contribution in [0.3, 0.4) is 0 Å². The van der Waals surface area contributed by atoms with E-state index in [1.807, 2.05) is 24.3 Å². The minimum absolute atomic E-state index is 0.0429. The standard InChI is InChI=1S/C28H33F3N6O3/c29-28(30,31)22-15-33-27(36-25(22)35-23-18-1-2-19(13-18)24(23)40-26(32)38)34-20-6-3-16-4-7-21(8-5-17(16)14-20)37-9-11-39-12-10-37/h1-3,6,14-15,18-19,21,23-24H,4-5,7-13H2,(H2,32,38)(H2,33,34,35,36)/t18-,19+,21?,23+,24-/m0/s1. The summed E-state index contributed by atoms with van der Waals surface area (Å²) >= 11 is 0. The van der Waals surface area contributed by atoms with Crippen molar-refractivity contribution in [1.29, 1.82) is 0 Å². The van der Waals surface area contributed by atoms with Crippen LogP contribution in [0.5, 0.6) is 0 Å². The van der Waals surface area contributed by atoms with Gasteiger partial charge < -0.3 is 25.8 Å². The zero-order valence-corrected chi connectivity index (χ0v) is 22.0. The molecule has 0 spiro atoms. The normalized spacial score (nSPS) is 28.1. The van der Waals surface area contributed by atoms with Gasteiger partial charge in [0.2, 0.25) is 5.95 Å². The Morgan fingerprint density at radius 1 is 1.10 bits per heavy atom. The number of ether oxygens (including phenoxy) is 2. The maximum absolute atomic E-state index is 13.9. The van der Waals surface area contributed by atoms with Crippen molar-refractivity contribution in [3.8, 4) is 0 Å². The second-order valence-corrected chi connectivity index (χ2v) is 11.0. The molecule has 12 heteroatoms. The fourth-order valence-corrected chi connectivity index (χ4v) is 6.58. The van der Waals surface area contributed by atoms with Gasteiger partial charge in [0.1, 0.15) is 17.5 Å². The number of amides is 1. The first kappa shape index (κ1) is 26.8. The molecule has 5 atom stereocenters. The smallest absolute Gasteiger partial charge is 0.421 e. The summed E-state index contributed by atoms with van der Waals surface area (Å²) in [6.45, 7) is 3.48. The van der Waals surface area contributed by atoms with E-state index in [1.165, 1.54) is 11.1 Å². The molecule has 1 aliphatic heterocycles. The van der Waals surface area contributed by atoms with Crippen LogP contribution in [0, 0.1) is 11.8 Å². The van der Waals surface area contributed by atoms with Crippen molar-refractivity contribution in [3.05, 3.63) is 53.2 Å². The number of anilines is 3. The highest BCUT2D eigenvalue weighted by Gasteiger charge is 2.48. The third-order valence-electron chi connectivity index (χ3n) is 8.56. The maximum atomic E-state index is 13.9. The fourth-order valence-electron chi connectivity index (χ4n) is 6.58. The Balaban J connectivity index is 1.20. The number of carbonyl (C=O) groups is 1. The molecule has 1 unspecified atom stereocenters. The molecule has 6 rings (SSSR count). The second-order valence-electron chi connectivity index (χ2n) is 11.0. The van der Waals surface area contributed by atoms with E-state index in [1.54, 1.807) is 0 Å². The Morgan fingerprint density at radius 2 is 1.85 bits per heavy atom. The number of alkyl halides is 3. The summed E-state index contributed by atoms with van der Waals surface area (Å²) in [5.74, 6) is -0.530. The van der Waals surface area contributed by atoms with E-state index in [2.05, 4.69) is 31.6 Å². The zero-order valence-electron chi connectivity index (χ0n) is 22.0. The molecular weight excluding hydrogens is 525 g/mol. The van der Waals surface area contributed by atoms with Crippen LogP contribution in [0.2, 0.25) is 0 Å². The number of carbonyl (C=O) groups excluding carboxylic acids is 1. The van der Waals surface area contributed by atoms with Crippen LogP contribution in [-0.2, 0) is 28.5 Å². The lowest BCUT2D eigenvalue weighted by molar-refractivity contribution is -0.137. The van der Waals surface area contributed by atoms with Crippen molar-refractivity contribution in [2.75, 3.05) is 36.9 Å². The molecule has 9 nitrogen and oxygen atoms in total. The fraction of sp³-hybridized carbons (Fsp3) is 0.536. The molecule has 0 radical (unpaired) electrons. The summed E-state index contributed by atoms with van der Waals surface area (Å²) in [5.41, 5.74) is 7.49. The number of halogens is 3. The zero-order chi connectivity index (χ0) is 27.9. The Labute approximate surface area is 230 Å². The van der Waals surface area contributed by atoms with E-state index >= 15 is 0 Å². The molecule has 1 saturated heterocycles. The number of primary amides is 1.